The van der Waals surface area contributed by atoms with Crippen molar-refractivity contribution < 1.29 is 42.1 Å². The van der Waals surface area contributed by atoms with Crippen LogP contribution in [0.5, 0.6) is 5.75 Å². The molecule has 5 heterocycles. The van der Waals surface area contributed by atoms with Crippen LogP contribution in [0, 0.1) is 0 Å². The van der Waals surface area contributed by atoms with E-state index in [-0.39, 0.29) is 36.1 Å². The molecule has 0 unspecified atom stereocenters. The quantitative estimate of drug-likeness (QED) is 0.463. The summed E-state index contributed by atoms with van der Waals surface area (Å²) in [5, 5.41) is 12.0. The number of anilines is 3. The molecule has 3 aliphatic rings. The summed E-state index contributed by atoms with van der Waals surface area (Å²) in [5.41, 5.74) is 0.561. The van der Waals surface area contributed by atoms with Gasteiger partial charge in [0, 0.05) is 31.8 Å². The Kier molecular flexibility index (Phi) is 7.59. The molecule has 0 aromatic carbocycles. The smallest absolute Gasteiger partial charge is 0.414 e. The van der Waals surface area contributed by atoms with E-state index < -0.39 is 42.7 Å². The van der Waals surface area contributed by atoms with Crippen LogP contribution in [0.15, 0.2) is 30.5 Å². The first-order valence-electron chi connectivity index (χ1n) is 12.9. The number of nitrogens with one attached hydrogen (secondary N) is 1. The van der Waals surface area contributed by atoms with Crippen molar-refractivity contribution in [2.24, 2.45) is 0 Å². The lowest BCUT2D eigenvalue weighted by molar-refractivity contribution is -0.204. The molecule has 3 atom stereocenters. The van der Waals surface area contributed by atoms with Crippen LogP contribution in [0.3, 0.4) is 0 Å². The standard InChI is InChI=1S/C26H30F3N5O6/c1-25(2)39-14-17(40-25)13-38-16-7-9-30-22(11-16)32-24(37)34-15-8-10-33(12-15)19-4-3-18(31-23(19)34)20(35)5-6-21(36)26(27,28)29/h3-4,7,9,11,15,17,21,36H,5-6,8,10,12-14H2,1-2H3,(H,30,32,37)/t15-,17-,21-/m0/s1. The van der Waals surface area contributed by atoms with Gasteiger partial charge < -0.3 is 24.2 Å². The molecule has 3 aliphatic heterocycles. The second kappa shape index (κ2) is 10.8. The van der Waals surface area contributed by atoms with Crippen LogP contribution in [0.1, 0.15) is 43.6 Å². The van der Waals surface area contributed by atoms with E-state index in [0.717, 1.165) is 0 Å². The van der Waals surface area contributed by atoms with Gasteiger partial charge in [0.25, 0.3) is 0 Å². The Hall–Kier alpha value is -3.49. The number of rotatable bonds is 8. The number of fused-ring (bicyclic) bond motifs is 4. The number of Topliss-reactive ketones (excluding diaryl/α,β-unsaturated/α-hetero) is 1. The molecule has 0 spiro atoms. The average Bonchev–Trinajstić information content (AvgIpc) is 3.48. The van der Waals surface area contributed by atoms with Crippen LogP contribution in [-0.4, -0.2) is 83.4 Å². The van der Waals surface area contributed by atoms with E-state index in [1.807, 2.05) is 18.7 Å². The van der Waals surface area contributed by atoms with Crippen molar-refractivity contribution in [3.05, 3.63) is 36.2 Å². The summed E-state index contributed by atoms with van der Waals surface area (Å²) in [4.78, 5) is 38.2. The third-order valence-electron chi connectivity index (χ3n) is 6.95. The number of alkyl halides is 3. The van der Waals surface area contributed by atoms with Crippen LogP contribution in [0.2, 0.25) is 0 Å². The molecular weight excluding hydrogens is 535 g/mol. The van der Waals surface area contributed by atoms with Gasteiger partial charge in [-0.25, -0.2) is 14.8 Å². The molecule has 11 nitrogen and oxygen atoms in total. The van der Waals surface area contributed by atoms with Gasteiger partial charge in [-0.05, 0) is 44.9 Å². The number of aromatic nitrogens is 2. The van der Waals surface area contributed by atoms with E-state index in [9.17, 15) is 27.9 Å². The second-order valence-electron chi connectivity index (χ2n) is 10.4. The van der Waals surface area contributed by atoms with Gasteiger partial charge in [0.1, 0.15) is 36.1 Å². The number of halogens is 3. The zero-order valence-corrected chi connectivity index (χ0v) is 22.0. The molecule has 2 amide bonds. The molecule has 2 N–H and O–H groups in total. The molecule has 2 fully saturated rings. The number of amides is 2. The van der Waals surface area contributed by atoms with Gasteiger partial charge in [-0.15, -0.1) is 0 Å². The van der Waals surface area contributed by atoms with Gasteiger partial charge >= 0.3 is 12.2 Å². The van der Waals surface area contributed by atoms with Crippen LogP contribution in [0.4, 0.5) is 35.3 Å². The number of nitrogens with zero attached hydrogens (tertiary/aromatic N) is 4. The highest BCUT2D eigenvalue weighted by atomic mass is 19.4. The van der Waals surface area contributed by atoms with E-state index in [2.05, 4.69) is 15.3 Å². The van der Waals surface area contributed by atoms with E-state index in [0.29, 0.717) is 37.6 Å². The van der Waals surface area contributed by atoms with Gasteiger partial charge in [-0.1, -0.05) is 0 Å². The molecule has 2 aromatic rings. The minimum absolute atomic E-state index is 0.0803. The van der Waals surface area contributed by atoms with E-state index in [1.165, 1.54) is 17.2 Å². The highest BCUT2D eigenvalue weighted by molar-refractivity contribution is 6.05. The Balaban J connectivity index is 1.28. The van der Waals surface area contributed by atoms with Crippen molar-refractivity contribution in [2.45, 2.75) is 63.3 Å². The van der Waals surface area contributed by atoms with Gasteiger partial charge in [-0.2, -0.15) is 13.2 Å². The van der Waals surface area contributed by atoms with Crippen molar-refractivity contribution in [1.82, 2.24) is 9.97 Å². The molecule has 0 saturated carbocycles. The van der Waals surface area contributed by atoms with Crippen molar-refractivity contribution >= 4 is 29.1 Å². The Morgan fingerprint density at radius 1 is 1.30 bits per heavy atom. The van der Waals surface area contributed by atoms with Gasteiger partial charge in [0.05, 0.1) is 18.3 Å². The van der Waals surface area contributed by atoms with E-state index in [1.54, 1.807) is 18.2 Å². The number of hydrogen-bond donors (Lipinski definition) is 2. The highest BCUT2D eigenvalue weighted by Gasteiger charge is 2.41. The van der Waals surface area contributed by atoms with Crippen LogP contribution < -0.4 is 19.9 Å². The maximum absolute atomic E-state index is 13.5. The first-order chi connectivity index (χ1) is 18.9. The number of ether oxygens (including phenoxy) is 3. The predicted octanol–water partition coefficient (Wildman–Crippen LogP) is 3.52. The van der Waals surface area contributed by atoms with Crippen LogP contribution >= 0.6 is 0 Å². The zero-order valence-electron chi connectivity index (χ0n) is 22.0. The highest BCUT2D eigenvalue weighted by Crippen LogP contribution is 2.39. The lowest BCUT2D eigenvalue weighted by atomic mass is 10.1. The minimum atomic E-state index is -4.81. The molecule has 2 saturated heterocycles. The molecule has 5 rings (SSSR count). The number of carbonyl (C=O) groups is 2. The summed E-state index contributed by atoms with van der Waals surface area (Å²) >= 11 is 0. The normalized spacial score (nSPS) is 22.1. The number of carbonyl (C=O) groups excluding carboxylic acids is 2. The third kappa shape index (κ3) is 6.13. The van der Waals surface area contributed by atoms with Gasteiger partial charge in [0.2, 0.25) is 0 Å². The van der Waals surface area contributed by atoms with E-state index in [4.69, 9.17) is 14.2 Å². The first-order valence-corrected chi connectivity index (χ1v) is 12.9. The minimum Gasteiger partial charge on any atom is -0.491 e. The van der Waals surface area contributed by atoms with Gasteiger partial charge in [0.15, 0.2) is 17.4 Å². The fraction of sp³-hybridized carbons (Fsp3) is 0.538. The summed E-state index contributed by atoms with van der Waals surface area (Å²) in [7, 11) is 0. The molecule has 40 heavy (non-hydrogen) atoms. The Labute approximate surface area is 228 Å². The fourth-order valence-corrected chi connectivity index (χ4v) is 4.96. The Bertz CT molecular complexity index is 1280. The monoisotopic (exact) mass is 565 g/mol. The molecule has 0 aliphatic carbocycles. The Morgan fingerprint density at radius 2 is 2.10 bits per heavy atom. The summed E-state index contributed by atoms with van der Waals surface area (Å²) in [5.74, 6) is -0.388. The third-order valence-corrected chi connectivity index (χ3v) is 6.95. The zero-order chi connectivity index (χ0) is 28.7. The molecule has 2 bridgehead atoms. The summed E-state index contributed by atoms with van der Waals surface area (Å²) in [6.45, 7) is 5.54. The predicted molar refractivity (Wildman–Crippen MR) is 137 cm³/mol. The molecule has 216 valence electrons. The molecule has 2 aromatic heterocycles. The number of urea groups is 1. The molecule has 0 radical (unpaired) electrons. The number of ketones is 1. The van der Waals surface area contributed by atoms with Crippen molar-refractivity contribution in [1.29, 1.82) is 0 Å². The Morgan fingerprint density at radius 3 is 2.83 bits per heavy atom. The lowest BCUT2D eigenvalue weighted by Gasteiger charge is -2.35. The summed E-state index contributed by atoms with van der Waals surface area (Å²) < 4.78 is 55.0. The van der Waals surface area contributed by atoms with Crippen molar-refractivity contribution in [3.8, 4) is 5.75 Å². The number of pyridine rings is 2. The van der Waals surface area contributed by atoms with Crippen molar-refractivity contribution in [3.63, 3.8) is 0 Å². The molecular formula is C26H30F3N5O6. The van der Waals surface area contributed by atoms with Crippen LogP contribution in [-0.2, 0) is 9.47 Å². The second-order valence-corrected chi connectivity index (χ2v) is 10.4. The summed E-state index contributed by atoms with van der Waals surface area (Å²) in [6.07, 6.45) is -6.81. The average molecular weight is 566 g/mol. The maximum atomic E-state index is 13.5. The van der Waals surface area contributed by atoms with Crippen molar-refractivity contribution in [2.75, 3.05) is 41.4 Å². The number of aliphatic hydroxyl groups excluding tert-OH is 1. The fourth-order valence-electron chi connectivity index (χ4n) is 4.96. The summed E-state index contributed by atoms with van der Waals surface area (Å²) in [6, 6.07) is 5.55. The number of aliphatic hydroxyl groups is 1. The van der Waals surface area contributed by atoms with Crippen LogP contribution in [0.25, 0.3) is 0 Å². The topological polar surface area (TPSA) is 126 Å². The SMILES string of the molecule is CC1(C)OC[C@H](COc2ccnc(NC(=O)N3c4nc(C(=O)CC[C@H](O)C(F)(F)F)ccc4N4CC[C@H]3C4)c2)O1. The largest absolute Gasteiger partial charge is 0.491 e. The maximum Gasteiger partial charge on any atom is 0.414 e. The number of hydrogen-bond acceptors (Lipinski definition) is 9. The molecule has 14 heteroatoms. The van der Waals surface area contributed by atoms with Gasteiger partial charge in [-0.3, -0.25) is 15.0 Å². The first kappa shape index (κ1) is 28.1. The lowest BCUT2D eigenvalue weighted by Crippen LogP contribution is -2.48. The van der Waals surface area contributed by atoms with E-state index >= 15 is 0 Å².